The topological polar surface area (TPSA) is 49.4 Å². The van der Waals surface area contributed by atoms with E-state index in [1.54, 1.807) is 35.2 Å². The van der Waals surface area contributed by atoms with Crippen molar-refractivity contribution in [2.24, 2.45) is 0 Å². The van der Waals surface area contributed by atoms with Crippen molar-refractivity contribution in [2.75, 3.05) is 11.9 Å². The lowest BCUT2D eigenvalue weighted by atomic mass is 9.95. The molecule has 1 atom stereocenters. The molecule has 6 heteroatoms. The normalized spacial score (nSPS) is 15.9. The maximum absolute atomic E-state index is 13.6. The van der Waals surface area contributed by atoms with Gasteiger partial charge in [-0.15, -0.1) is 0 Å². The van der Waals surface area contributed by atoms with E-state index < -0.39 is 6.04 Å². The van der Waals surface area contributed by atoms with E-state index in [9.17, 15) is 14.0 Å². The van der Waals surface area contributed by atoms with Crippen LogP contribution in [0.4, 0.5) is 10.1 Å². The molecule has 0 radical (unpaired) electrons. The van der Waals surface area contributed by atoms with E-state index in [-0.39, 0.29) is 30.6 Å². The maximum atomic E-state index is 13.6. The summed E-state index contributed by atoms with van der Waals surface area (Å²) in [5, 5.41) is 3.35. The Morgan fingerprint density at radius 1 is 1.07 bits per heavy atom. The minimum Gasteiger partial charge on any atom is -0.324 e. The van der Waals surface area contributed by atoms with E-state index >= 15 is 0 Å². The Kier molecular flexibility index (Phi) is 5.81. The van der Waals surface area contributed by atoms with Crippen molar-refractivity contribution in [3.8, 4) is 0 Å². The van der Waals surface area contributed by atoms with Gasteiger partial charge in [0.2, 0.25) is 11.8 Å². The van der Waals surface area contributed by atoms with Crippen LogP contribution in [0.1, 0.15) is 29.2 Å². The van der Waals surface area contributed by atoms with Crippen LogP contribution in [0.2, 0.25) is 5.02 Å². The number of anilines is 1. The molecule has 0 saturated heterocycles. The highest BCUT2D eigenvalue weighted by Gasteiger charge is 2.33. The molecule has 0 spiro atoms. The van der Waals surface area contributed by atoms with Gasteiger partial charge in [0.1, 0.15) is 12.4 Å². The Balaban J connectivity index is 1.72. The molecule has 152 valence electrons. The lowest BCUT2D eigenvalue weighted by molar-refractivity contribution is -0.136. The summed E-state index contributed by atoms with van der Waals surface area (Å²) in [4.78, 5) is 27.4. The van der Waals surface area contributed by atoms with Gasteiger partial charge in [-0.05, 0) is 47.9 Å². The zero-order valence-electron chi connectivity index (χ0n) is 16.1. The molecule has 1 N–H and O–H groups in total. The number of nitrogens with zero attached hydrogens (tertiary/aromatic N) is 1. The van der Waals surface area contributed by atoms with Gasteiger partial charge >= 0.3 is 0 Å². The van der Waals surface area contributed by atoms with Crippen molar-refractivity contribution >= 4 is 29.1 Å². The number of rotatable bonds is 4. The summed E-state index contributed by atoms with van der Waals surface area (Å²) in [5.74, 6) is -0.803. The standard InChI is InChI=1S/C24H20ClFN2O2/c25-18-9-12-21-20(14-18)24(17-7-10-19(26)11-8-17)28(15-22(29)27-21)23(30)13-6-16-4-2-1-3-5-16/h1-5,7-12,14,24H,6,13,15H2,(H,27,29)/t24-/m0/s1. The van der Waals surface area contributed by atoms with E-state index in [1.165, 1.54) is 12.1 Å². The fraction of sp³-hybridized carbons (Fsp3) is 0.167. The third-order valence-electron chi connectivity index (χ3n) is 5.18. The molecule has 4 nitrogen and oxygen atoms in total. The third kappa shape index (κ3) is 4.36. The predicted molar refractivity (Wildman–Crippen MR) is 115 cm³/mol. The van der Waals surface area contributed by atoms with E-state index in [2.05, 4.69) is 5.32 Å². The van der Waals surface area contributed by atoms with Gasteiger partial charge in [-0.25, -0.2) is 4.39 Å². The fourth-order valence-electron chi connectivity index (χ4n) is 3.75. The smallest absolute Gasteiger partial charge is 0.244 e. The second-order valence-electron chi connectivity index (χ2n) is 7.24. The second kappa shape index (κ2) is 8.67. The number of halogens is 2. The first-order valence-electron chi connectivity index (χ1n) is 9.69. The number of nitrogens with one attached hydrogen (secondary N) is 1. The number of amides is 2. The van der Waals surface area contributed by atoms with E-state index in [0.717, 1.165) is 5.56 Å². The summed E-state index contributed by atoms with van der Waals surface area (Å²) < 4.78 is 13.6. The van der Waals surface area contributed by atoms with Crippen LogP contribution in [-0.2, 0) is 16.0 Å². The van der Waals surface area contributed by atoms with Crippen molar-refractivity contribution < 1.29 is 14.0 Å². The third-order valence-corrected chi connectivity index (χ3v) is 5.42. The summed E-state index contributed by atoms with van der Waals surface area (Å²) in [5.41, 5.74) is 3.06. The average molecular weight is 423 g/mol. The highest BCUT2D eigenvalue weighted by Crippen LogP contribution is 2.37. The van der Waals surface area contributed by atoms with E-state index in [4.69, 9.17) is 11.6 Å². The van der Waals surface area contributed by atoms with Crippen LogP contribution in [0.3, 0.4) is 0 Å². The predicted octanol–water partition coefficient (Wildman–Crippen LogP) is 4.98. The van der Waals surface area contributed by atoms with E-state index in [0.29, 0.717) is 28.3 Å². The van der Waals surface area contributed by atoms with Crippen molar-refractivity contribution in [3.05, 3.63) is 100 Å². The quantitative estimate of drug-likeness (QED) is 0.644. The minimum atomic E-state index is -0.554. The van der Waals surface area contributed by atoms with Gasteiger partial charge in [0, 0.05) is 22.7 Å². The van der Waals surface area contributed by atoms with Crippen LogP contribution < -0.4 is 5.32 Å². The molecule has 4 rings (SSSR count). The van der Waals surface area contributed by atoms with Gasteiger partial charge in [-0.3, -0.25) is 9.59 Å². The number of benzene rings is 3. The van der Waals surface area contributed by atoms with Gasteiger partial charge < -0.3 is 10.2 Å². The number of carbonyl (C=O) groups excluding carboxylic acids is 2. The zero-order valence-corrected chi connectivity index (χ0v) is 16.9. The van der Waals surface area contributed by atoms with Crippen LogP contribution in [0.5, 0.6) is 0 Å². The number of hydrogen-bond acceptors (Lipinski definition) is 2. The maximum Gasteiger partial charge on any atom is 0.244 e. The van der Waals surface area contributed by atoms with Gasteiger partial charge in [0.25, 0.3) is 0 Å². The summed E-state index contributed by atoms with van der Waals surface area (Å²) in [6.07, 6.45) is 0.821. The fourth-order valence-corrected chi connectivity index (χ4v) is 3.93. The Bertz CT molecular complexity index is 1070. The number of hydrogen-bond donors (Lipinski definition) is 1. The Morgan fingerprint density at radius 3 is 2.53 bits per heavy atom. The number of aryl methyl sites for hydroxylation is 1. The summed E-state index contributed by atoms with van der Waals surface area (Å²) >= 11 is 6.24. The molecule has 0 fully saturated rings. The van der Waals surface area contributed by atoms with Crippen molar-refractivity contribution in [2.45, 2.75) is 18.9 Å². The molecule has 0 bridgehead atoms. The Hall–Kier alpha value is -3.18. The largest absolute Gasteiger partial charge is 0.324 e. The Morgan fingerprint density at radius 2 is 1.80 bits per heavy atom. The van der Waals surface area contributed by atoms with Crippen LogP contribution in [0.15, 0.2) is 72.8 Å². The first kappa shape index (κ1) is 20.1. The van der Waals surface area contributed by atoms with Crippen LogP contribution >= 0.6 is 11.6 Å². The van der Waals surface area contributed by atoms with Gasteiger partial charge in [-0.1, -0.05) is 54.1 Å². The lowest BCUT2D eigenvalue weighted by Crippen LogP contribution is -2.39. The molecule has 3 aromatic rings. The molecule has 30 heavy (non-hydrogen) atoms. The SMILES string of the molecule is O=C1CN(C(=O)CCc2ccccc2)[C@@H](c2ccc(F)cc2)c2cc(Cl)ccc2N1. The molecule has 1 heterocycles. The first-order chi connectivity index (χ1) is 14.5. The molecule has 0 aromatic heterocycles. The summed E-state index contributed by atoms with van der Waals surface area (Å²) in [7, 11) is 0. The molecule has 0 saturated carbocycles. The Labute approximate surface area is 179 Å². The van der Waals surface area contributed by atoms with Crippen LogP contribution in [0.25, 0.3) is 0 Å². The van der Waals surface area contributed by atoms with Gasteiger partial charge in [-0.2, -0.15) is 0 Å². The monoisotopic (exact) mass is 422 g/mol. The number of carbonyl (C=O) groups is 2. The summed E-state index contributed by atoms with van der Waals surface area (Å²) in [6.45, 7) is -0.0953. The molecule has 1 aliphatic heterocycles. The second-order valence-corrected chi connectivity index (χ2v) is 7.68. The van der Waals surface area contributed by atoms with Crippen LogP contribution in [-0.4, -0.2) is 23.3 Å². The molecule has 1 aliphatic rings. The molecule has 2 amide bonds. The van der Waals surface area contributed by atoms with Gasteiger partial charge in [0.05, 0.1) is 6.04 Å². The molecule has 0 aliphatic carbocycles. The molecular weight excluding hydrogens is 403 g/mol. The van der Waals surface area contributed by atoms with Crippen molar-refractivity contribution in [3.63, 3.8) is 0 Å². The first-order valence-corrected chi connectivity index (χ1v) is 10.1. The lowest BCUT2D eigenvalue weighted by Gasteiger charge is -2.31. The minimum absolute atomic E-state index is 0.0953. The van der Waals surface area contributed by atoms with Crippen molar-refractivity contribution in [1.29, 1.82) is 0 Å². The highest BCUT2D eigenvalue weighted by atomic mass is 35.5. The summed E-state index contributed by atoms with van der Waals surface area (Å²) in [6, 6.07) is 20.3. The molecule has 3 aromatic carbocycles. The average Bonchev–Trinajstić information content (AvgIpc) is 2.89. The van der Waals surface area contributed by atoms with Crippen molar-refractivity contribution in [1.82, 2.24) is 4.90 Å². The highest BCUT2D eigenvalue weighted by molar-refractivity contribution is 6.30. The molecular formula is C24H20ClFN2O2. The molecule has 0 unspecified atom stereocenters. The van der Waals surface area contributed by atoms with Gasteiger partial charge in [0.15, 0.2) is 0 Å². The van der Waals surface area contributed by atoms with E-state index in [1.807, 2.05) is 30.3 Å². The number of fused-ring (bicyclic) bond motifs is 1. The van der Waals surface area contributed by atoms with Crippen LogP contribution in [0, 0.1) is 5.82 Å². The zero-order chi connectivity index (χ0) is 21.1.